The molecule has 1 N–H and O–H groups in total. The van der Waals surface area contributed by atoms with E-state index < -0.39 is 0 Å². The van der Waals surface area contributed by atoms with Gasteiger partial charge < -0.3 is 4.98 Å². The zero-order chi connectivity index (χ0) is 14.1. The number of nitrogens with zero attached hydrogens (tertiary/aromatic N) is 1. The van der Waals surface area contributed by atoms with Crippen LogP contribution in [0.15, 0.2) is 33.5 Å². The molecule has 3 nitrogen and oxygen atoms in total. The summed E-state index contributed by atoms with van der Waals surface area (Å²) in [4.78, 5) is 19.5. The van der Waals surface area contributed by atoms with Crippen LogP contribution < -0.4 is 5.56 Å². The largest absolute Gasteiger partial charge is 0.306 e. The van der Waals surface area contributed by atoms with Crippen LogP contribution in [-0.4, -0.2) is 9.97 Å². The standard InChI is InChI=1S/C16H17BrN2O/c1-10-6-7-12(13(17)8-10)16-18-14(9-15(20)19-16)11-4-2-3-5-11/h6-9,11H,2-5H2,1H3,(H,18,19,20). The Balaban J connectivity index is 2.07. The first kappa shape index (κ1) is 13.6. The lowest BCUT2D eigenvalue weighted by atomic mass is 10.0. The van der Waals surface area contributed by atoms with Crippen molar-refractivity contribution in [2.75, 3.05) is 0 Å². The maximum absolute atomic E-state index is 11.9. The van der Waals surface area contributed by atoms with E-state index in [0.29, 0.717) is 11.7 Å². The van der Waals surface area contributed by atoms with Crippen molar-refractivity contribution in [1.82, 2.24) is 9.97 Å². The lowest BCUT2D eigenvalue weighted by Crippen LogP contribution is -2.12. The minimum absolute atomic E-state index is 0.0654. The highest BCUT2D eigenvalue weighted by atomic mass is 79.9. The molecule has 1 fully saturated rings. The molecule has 20 heavy (non-hydrogen) atoms. The number of halogens is 1. The summed E-state index contributed by atoms with van der Waals surface area (Å²) in [6.07, 6.45) is 4.77. The minimum Gasteiger partial charge on any atom is -0.306 e. The number of aromatic nitrogens is 2. The summed E-state index contributed by atoms with van der Waals surface area (Å²) >= 11 is 3.55. The predicted molar refractivity (Wildman–Crippen MR) is 83.9 cm³/mol. The quantitative estimate of drug-likeness (QED) is 0.897. The fourth-order valence-corrected chi connectivity index (χ4v) is 3.53. The number of hydrogen-bond donors (Lipinski definition) is 1. The van der Waals surface area contributed by atoms with E-state index in [4.69, 9.17) is 4.98 Å². The first-order chi connectivity index (χ1) is 9.63. The molecule has 0 aliphatic heterocycles. The number of hydrogen-bond acceptors (Lipinski definition) is 2. The van der Waals surface area contributed by atoms with Gasteiger partial charge in [-0.15, -0.1) is 0 Å². The second-order valence-corrected chi connectivity index (χ2v) is 6.34. The van der Waals surface area contributed by atoms with Crippen molar-refractivity contribution >= 4 is 15.9 Å². The van der Waals surface area contributed by atoms with Crippen molar-refractivity contribution in [2.24, 2.45) is 0 Å². The van der Waals surface area contributed by atoms with Gasteiger partial charge >= 0.3 is 0 Å². The number of H-pyrrole nitrogens is 1. The third-order valence-electron chi connectivity index (χ3n) is 3.91. The van der Waals surface area contributed by atoms with E-state index in [-0.39, 0.29) is 5.56 Å². The molecule has 0 bridgehead atoms. The second-order valence-electron chi connectivity index (χ2n) is 5.48. The summed E-state index contributed by atoms with van der Waals surface area (Å²) in [6.45, 7) is 2.04. The van der Waals surface area contributed by atoms with Crippen LogP contribution in [0.4, 0.5) is 0 Å². The molecule has 0 saturated heterocycles. The van der Waals surface area contributed by atoms with Crippen LogP contribution in [0.25, 0.3) is 11.4 Å². The Morgan fingerprint density at radius 1 is 1.25 bits per heavy atom. The molecular weight excluding hydrogens is 316 g/mol. The average molecular weight is 333 g/mol. The van der Waals surface area contributed by atoms with Gasteiger partial charge in [-0.3, -0.25) is 4.79 Å². The van der Waals surface area contributed by atoms with Crippen molar-refractivity contribution in [3.63, 3.8) is 0 Å². The van der Waals surface area contributed by atoms with E-state index in [1.807, 2.05) is 25.1 Å². The summed E-state index contributed by atoms with van der Waals surface area (Å²) in [5.41, 5.74) is 2.99. The monoisotopic (exact) mass is 332 g/mol. The highest BCUT2D eigenvalue weighted by Gasteiger charge is 2.20. The molecular formula is C16H17BrN2O. The van der Waals surface area contributed by atoms with Crippen molar-refractivity contribution in [3.05, 3.63) is 50.3 Å². The molecule has 104 valence electrons. The van der Waals surface area contributed by atoms with Crippen LogP contribution in [0, 0.1) is 6.92 Å². The summed E-state index contributed by atoms with van der Waals surface area (Å²) in [6, 6.07) is 7.72. The molecule has 3 rings (SSSR count). The molecule has 1 aliphatic rings. The summed E-state index contributed by atoms with van der Waals surface area (Å²) in [5, 5.41) is 0. The van der Waals surface area contributed by atoms with Crippen LogP contribution in [0.1, 0.15) is 42.9 Å². The first-order valence-electron chi connectivity index (χ1n) is 7.01. The third kappa shape index (κ3) is 2.70. The molecule has 1 heterocycles. The lowest BCUT2D eigenvalue weighted by Gasteiger charge is -2.11. The Bertz CT molecular complexity index is 687. The van der Waals surface area contributed by atoms with E-state index in [9.17, 15) is 4.79 Å². The number of aryl methyl sites for hydroxylation is 1. The van der Waals surface area contributed by atoms with E-state index in [2.05, 4.69) is 20.9 Å². The molecule has 2 aromatic rings. The van der Waals surface area contributed by atoms with E-state index in [0.717, 1.165) is 28.6 Å². The van der Waals surface area contributed by atoms with Crippen molar-refractivity contribution in [1.29, 1.82) is 0 Å². The van der Waals surface area contributed by atoms with Gasteiger partial charge in [0, 0.05) is 22.0 Å². The van der Waals surface area contributed by atoms with Gasteiger partial charge in [-0.05, 0) is 37.5 Å². The molecule has 1 aromatic heterocycles. The molecule has 0 spiro atoms. The average Bonchev–Trinajstić information content (AvgIpc) is 2.91. The summed E-state index contributed by atoms with van der Waals surface area (Å²) in [7, 11) is 0. The fraction of sp³-hybridized carbons (Fsp3) is 0.375. The van der Waals surface area contributed by atoms with E-state index >= 15 is 0 Å². The lowest BCUT2D eigenvalue weighted by molar-refractivity contribution is 0.693. The normalized spacial score (nSPS) is 15.7. The minimum atomic E-state index is -0.0654. The van der Waals surface area contributed by atoms with Gasteiger partial charge in [0.25, 0.3) is 5.56 Å². The van der Waals surface area contributed by atoms with Gasteiger partial charge in [-0.1, -0.05) is 34.8 Å². The Labute approximate surface area is 126 Å². The van der Waals surface area contributed by atoms with Gasteiger partial charge in [0.05, 0.1) is 5.69 Å². The molecule has 0 atom stereocenters. The number of nitrogens with one attached hydrogen (secondary N) is 1. The van der Waals surface area contributed by atoms with Crippen LogP contribution >= 0.6 is 15.9 Å². The highest BCUT2D eigenvalue weighted by molar-refractivity contribution is 9.10. The van der Waals surface area contributed by atoms with Crippen LogP contribution in [0.2, 0.25) is 0 Å². The molecule has 0 unspecified atom stereocenters. The van der Waals surface area contributed by atoms with Crippen molar-refractivity contribution in [2.45, 2.75) is 38.5 Å². The third-order valence-corrected chi connectivity index (χ3v) is 4.57. The maximum atomic E-state index is 11.9. The zero-order valence-electron chi connectivity index (χ0n) is 11.4. The molecule has 0 amide bonds. The molecule has 1 saturated carbocycles. The number of aromatic amines is 1. The van der Waals surface area contributed by atoms with E-state index in [1.165, 1.54) is 18.4 Å². The van der Waals surface area contributed by atoms with Crippen LogP contribution in [0.3, 0.4) is 0 Å². The Morgan fingerprint density at radius 3 is 2.70 bits per heavy atom. The second kappa shape index (κ2) is 5.52. The number of benzene rings is 1. The van der Waals surface area contributed by atoms with Gasteiger partial charge in [0.1, 0.15) is 5.82 Å². The first-order valence-corrected chi connectivity index (χ1v) is 7.80. The molecule has 1 aliphatic carbocycles. The maximum Gasteiger partial charge on any atom is 0.251 e. The van der Waals surface area contributed by atoms with Gasteiger partial charge in [-0.2, -0.15) is 0 Å². The van der Waals surface area contributed by atoms with Crippen molar-refractivity contribution in [3.8, 4) is 11.4 Å². The highest BCUT2D eigenvalue weighted by Crippen LogP contribution is 2.33. The van der Waals surface area contributed by atoms with Crippen molar-refractivity contribution < 1.29 is 0 Å². The van der Waals surface area contributed by atoms with Crippen LogP contribution in [-0.2, 0) is 0 Å². The number of rotatable bonds is 2. The van der Waals surface area contributed by atoms with Gasteiger partial charge in [0.2, 0.25) is 0 Å². The summed E-state index contributed by atoms with van der Waals surface area (Å²) in [5.74, 6) is 1.10. The fourth-order valence-electron chi connectivity index (χ4n) is 2.85. The SMILES string of the molecule is Cc1ccc(-c2nc(C3CCCC3)cc(=O)[nH]2)c(Br)c1. The Hall–Kier alpha value is -1.42. The van der Waals surface area contributed by atoms with E-state index in [1.54, 1.807) is 6.07 Å². The molecule has 0 radical (unpaired) electrons. The van der Waals surface area contributed by atoms with Gasteiger partial charge in [-0.25, -0.2) is 4.98 Å². The Kier molecular flexibility index (Phi) is 3.74. The smallest absolute Gasteiger partial charge is 0.251 e. The summed E-state index contributed by atoms with van der Waals surface area (Å²) < 4.78 is 0.962. The topological polar surface area (TPSA) is 45.8 Å². The zero-order valence-corrected chi connectivity index (χ0v) is 13.0. The molecule has 1 aromatic carbocycles. The predicted octanol–water partition coefficient (Wildman–Crippen LogP) is 4.17. The van der Waals surface area contributed by atoms with Crippen LogP contribution in [0.5, 0.6) is 0 Å². The Morgan fingerprint density at radius 2 is 2.00 bits per heavy atom. The van der Waals surface area contributed by atoms with Gasteiger partial charge in [0.15, 0.2) is 0 Å². The molecule has 4 heteroatoms.